The number of aliphatic carboxylic acids is 1. The van der Waals surface area contributed by atoms with Crippen molar-refractivity contribution in [3.8, 4) is 0 Å². The van der Waals surface area contributed by atoms with Crippen LogP contribution in [0.1, 0.15) is 29.3 Å². The average Bonchev–Trinajstić information content (AvgIpc) is 2.15. The molecule has 0 aliphatic rings. The summed E-state index contributed by atoms with van der Waals surface area (Å²) in [6, 6.07) is 7.03. The van der Waals surface area contributed by atoms with Crippen LogP contribution in [0.3, 0.4) is 0 Å². The number of carbonyl (C=O) groups is 2. The normalized spacial score (nSPS) is 9.79. The van der Waals surface area contributed by atoms with Gasteiger partial charge in [-0.3, -0.25) is 9.59 Å². The summed E-state index contributed by atoms with van der Waals surface area (Å²) in [5, 5.41) is 8.46. The van der Waals surface area contributed by atoms with Crippen LogP contribution in [0, 0.1) is 0 Å². The van der Waals surface area contributed by atoms with E-state index in [0.29, 0.717) is 12.0 Å². The predicted molar refractivity (Wildman–Crippen MR) is 52.4 cm³/mol. The van der Waals surface area contributed by atoms with Gasteiger partial charge in [-0.2, -0.15) is 0 Å². The Hall–Kier alpha value is -1.64. The number of hydrogen-bond donors (Lipinski definition) is 1. The van der Waals surface area contributed by atoms with E-state index in [9.17, 15) is 9.59 Å². The van der Waals surface area contributed by atoms with Crippen molar-refractivity contribution in [3.05, 3.63) is 35.4 Å². The van der Waals surface area contributed by atoms with E-state index in [2.05, 4.69) is 0 Å². The van der Waals surface area contributed by atoms with Gasteiger partial charge in [-0.25, -0.2) is 0 Å². The van der Waals surface area contributed by atoms with Crippen molar-refractivity contribution in [1.82, 2.24) is 0 Å². The SMILES string of the molecule is CC(=O)c1ccc(CCC(=O)O)cc1. The molecule has 14 heavy (non-hydrogen) atoms. The van der Waals surface area contributed by atoms with E-state index in [-0.39, 0.29) is 12.2 Å². The van der Waals surface area contributed by atoms with Gasteiger partial charge in [0.15, 0.2) is 5.78 Å². The van der Waals surface area contributed by atoms with Crippen molar-refractivity contribution < 1.29 is 14.7 Å². The highest BCUT2D eigenvalue weighted by molar-refractivity contribution is 5.94. The maximum Gasteiger partial charge on any atom is 0.303 e. The lowest BCUT2D eigenvalue weighted by atomic mass is 10.1. The minimum Gasteiger partial charge on any atom is -0.481 e. The van der Waals surface area contributed by atoms with Gasteiger partial charge in [0.05, 0.1) is 0 Å². The lowest BCUT2D eigenvalue weighted by Crippen LogP contribution is -1.98. The van der Waals surface area contributed by atoms with Crippen molar-refractivity contribution in [2.45, 2.75) is 19.8 Å². The summed E-state index contributed by atoms with van der Waals surface area (Å²) in [6.45, 7) is 1.51. The maximum absolute atomic E-state index is 10.9. The van der Waals surface area contributed by atoms with Crippen LogP contribution in [0.2, 0.25) is 0 Å². The first-order valence-corrected chi connectivity index (χ1v) is 4.41. The Morgan fingerprint density at radius 1 is 1.21 bits per heavy atom. The number of aryl methyl sites for hydroxylation is 1. The summed E-state index contributed by atoms with van der Waals surface area (Å²) in [6.07, 6.45) is 0.632. The van der Waals surface area contributed by atoms with Crippen molar-refractivity contribution in [2.75, 3.05) is 0 Å². The zero-order valence-electron chi connectivity index (χ0n) is 7.99. The van der Waals surface area contributed by atoms with Crippen LogP contribution >= 0.6 is 0 Å². The maximum atomic E-state index is 10.9. The number of Topliss-reactive ketones (excluding diaryl/α,β-unsaturated/α-hetero) is 1. The van der Waals surface area contributed by atoms with Crippen molar-refractivity contribution in [1.29, 1.82) is 0 Å². The Kier molecular flexibility index (Phi) is 3.40. The second kappa shape index (κ2) is 4.56. The summed E-state index contributed by atoms with van der Waals surface area (Å²) in [5.41, 5.74) is 1.60. The fraction of sp³-hybridized carbons (Fsp3) is 0.273. The van der Waals surface area contributed by atoms with Gasteiger partial charge in [0.25, 0.3) is 0 Å². The molecule has 0 bridgehead atoms. The molecule has 1 aromatic rings. The molecule has 0 saturated heterocycles. The van der Waals surface area contributed by atoms with Gasteiger partial charge in [0.1, 0.15) is 0 Å². The van der Waals surface area contributed by atoms with E-state index in [1.54, 1.807) is 24.3 Å². The number of hydrogen-bond acceptors (Lipinski definition) is 2. The number of ketones is 1. The molecule has 0 radical (unpaired) electrons. The molecule has 0 aliphatic carbocycles. The second-order valence-electron chi connectivity index (χ2n) is 3.15. The lowest BCUT2D eigenvalue weighted by molar-refractivity contribution is -0.136. The first-order chi connectivity index (χ1) is 6.59. The number of carboxylic acids is 1. The summed E-state index contributed by atoms with van der Waals surface area (Å²) in [4.78, 5) is 21.2. The standard InChI is InChI=1S/C11H12O3/c1-8(12)10-5-2-9(3-6-10)4-7-11(13)14/h2-3,5-6H,4,7H2,1H3,(H,13,14). The van der Waals surface area contributed by atoms with Gasteiger partial charge in [-0.1, -0.05) is 24.3 Å². The third-order valence-electron chi connectivity index (χ3n) is 1.99. The molecule has 3 nitrogen and oxygen atoms in total. The van der Waals surface area contributed by atoms with Crippen LogP contribution in [0.5, 0.6) is 0 Å². The van der Waals surface area contributed by atoms with E-state index < -0.39 is 5.97 Å². The Labute approximate surface area is 82.4 Å². The van der Waals surface area contributed by atoms with Crippen molar-refractivity contribution in [2.24, 2.45) is 0 Å². The Morgan fingerprint density at radius 3 is 2.21 bits per heavy atom. The monoisotopic (exact) mass is 192 g/mol. The van der Waals surface area contributed by atoms with Crippen molar-refractivity contribution >= 4 is 11.8 Å². The zero-order chi connectivity index (χ0) is 10.6. The molecule has 0 aromatic heterocycles. The van der Waals surface area contributed by atoms with E-state index in [0.717, 1.165) is 5.56 Å². The van der Waals surface area contributed by atoms with Gasteiger partial charge in [-0.15, -0.1) is 0 Å². The Balaban J connectivity index is 2.64. The van der Waals surface area contributed by atoms with Gasteiger partial charge < -0.3 is 5.11 Å². The molecule has 0 amide bonds. The topological polar surface area (TPSA) is 54.4 Å². The zero-order valence-corrected chi connectivity index (χ0v) is 7.99. The molecule has 1 rings (SSSR count). The van der Waals surface area contributed by atoms with Gasteiger partial charge >= 0.3 is 5.97 Å². The highest BCUT2D eigenvalue weighted by Crippen LogP contribution is 2.07. The third kappa shape index (κ3) is 3.01. The number of carboxylic acid groups (broad SMARTS) is 1. The minimum absolute atomic E-state index is 0.0229. The van der Waals surface area contributed by atoms with Crippen LogP contribution in [0.15, 0.2) is 24.3 Å². The van der Waals surface area contributed by atoms with Gasteiger partial charge in [0, 0.05) is 12.0 Å². The van der Waals surface area contributed by atoms with E-state index in [1.807, 2.05) is 0 Å². The second-order valence-corrected chi connectivity index (χ2v) is 3.15. The highest BCUT2D eigenvalue weighted by Gasteiger charge is 2.01. The average molecular weight is 192 g/mol. The lowest BCUT2D eigenvalue weighted by Gasteiger charge is -1.99. The van der Waals surface area contributed by atoms with Gasteiger partial charge in [0.2, 0.25) is 0 Å². The summed E-state index contributed by atoms with van der Waals surface area (Å²) in [7, 11) is 0. The van der Waals surface area contributed by atoms with Crippen molar-refractivity contribution in [3.63, 3.8) is 0 Å². The molecule has 74 valence electrons. The quantitative estimate of drug-likeness (QED) is 0.741. The molecule has 0 unspecified atom stereocenters. The number of carbonyl (C=O) groups excluding carboxylic acids is 1. The molecular formula is C11H12O3. The smallest absolute Gasteiger partial charge is 0.303 e. The first-order valence-electron chi connectivity index (χ1n) is 4.41. The summed E-state index contributed by atoms with van der Waals surface area (Å²) < 4.78 is 0. The molecule has 0 heterocycles. The number of rotatable bonds is 4. The van der Waals surface area contributed by atoms with E-state index >= 15 is 0 Å². The van der Waals surface area contributed by atoms with Crippen LogP contribution < -0.4 is 0 Å². The largest absolute Gasteiger partial charge is 0.481 e. The highest BCUT2D eigenvalue weighted by atomic mass is 16.4. The molecule has 1 aromatic carbocycles. The van der Waals surface area contributed by atoms with Crippen LogP contribution in [-0.2, 0) is 11.2 Å². The van der Waals surface area contributed by atoms with Gasteiger partial charge in [-0.05, 0) is 18.9 Å². The summed E-state index contributed by atoms with van der Waals surface area (Å²) in [5.74, 6) is -0.782. The Morgan fingerprint density at radius 2 is 1.79 bits per heavy atom. The molecule has 0 saturated carbocycles. The molecule has 0 aliphatic heterocycles. The third-order valence-corrected chi connectivity index (χ3v) is 1.99. The van der Waals surface area contributed by atoms with E-state index in [1.165, 1.54) is 6.92 Å². The first kappa shape index (κ1) is 10.4. The molecule has 0 spiro atoms. The number of benzene rings is 1. The fourth-order valence-electron chi connectivity index (χ4n) is 1.16. The van der Waals surface area contributed by atoms with E-state index in [4.69, 9.17) is 5.11 Å². The van der Waals surface area contributed by atoms with Crippen LogP contribution in [0.25, 0.3) is 0 Å². The minimum atomic E-state index is -0.805. The fourth-order valence-corrected chi connectivity index (χ4v) is 1.16. The van der Waals surface area contributed by atoms with Crippen LogP contribution in [-0.4, -0.2) is 16.9 Å². The predicted octanol–water partition coefficient (Wildman–Crippen LogP) is 1.91. The molecule has 3 heteroatoms. The van der Waals surface area contributed by atoms with Crippen LogP contribution in [0.4, 0.5) is 0 Å². The molecule has 0 atom stereocenters. The molecule has 0 fully saturated rings. The summed E-state index contributed by atoms with van der Waals surface area (Å²) >= 11 is 0. The molecule has 1 N–H and O–H groups in total. The Bertz CT molecular complexity index is 338. The molecular weight excluding hydrogens is 180 g/mol.